The number of rotatable bonds is 8. The number of methoxy groups -OCH3 is 1. The number of halogens is 1. The van der Waals surface area contributed by atoms with Crippen LogP contribution in [0.3, 0.4) is 0 Å². The number of hydrogen-bond donors (Lipinski definition) is 1. The monoisotopic (exact) mass is 346 g/mol. The van der Waals surface area contributed by atoms with Gasteiger partial charge in [0.2, 0.25) is 11.1 Å². The highest BCUT2D eigenvalue weighted by Gasteiger charge is 2.36. The maximum atomic E-state index is 12.0. The van der Waals surface area contributed by atoms with Gasteiger partial charge in [-0.3, -0.25) is 10.1 Å². The number of carbonyl (C=O) groups excluding carboxylic acids is 1. The predicted octanol–water partition coefficient (Wildman–Crippen LogP) is 1.57. The molecule has 1 aromatic rings. The molecule has 10 heteroatoms. The summed E-state index contributed by atoms with van der Waals surface area (Å²) >= 11 is 5.77. The lowest BCUT2D eigenvalue weighted by Gasteiger charge is -2.35. The van der Waals surface area contributed by atoms with Crippen LogP contribution in [-0.4, -0.2) is 51.8 Å². The Bertz CT molecular complexity index is 567. The molecule has 0 unspecified atom stereocenters. The fraction of sp³-hybridized carbons (Fsp3) is 0.615. The lowest BCUT2D eigenvalue weighted by molar-refractivity contribution is -0.384. The van der Waals surface area contributed by atoms with Crippen molar-refractivity contribution in [3.8, 4) is 0 Å². The molecule has 23 heavy (non-hydrogen) atoms. The lowest BCUT2D eigenvalue weighted by Crippen LogP contribution is -2.50. The molecule has 0 spiro atoms. The van der Waals surface area contributed by atoms with E-state index in [0.717, 1.165) is 6.20 Å². The standard InChI is InChI=1S/C13H19ClN4O5/c1-4-8(5-2)17(10(7-19)12(20)23-3)11-9(18(21)22)6-15-13(14)16-11/h6,8,10,19H,4-5,7H2,1-3H3/t10-/m1/s1. The first kappa shape index (κ1) is 19.0. The second-order valence-corrected chi connectivity index (χ2v) is 5.04. The average molecular weight is 347 g/mol. The van der Waals surface area contributed by atoms with Crippen molar-refractivity contribution >= 4 is 29.1 Å². The van der Waals surface area contributed by atoms with Crippen molar-refractivity contribution in [2.75, 3.05) is 18.6 Å². The summed E-state index contributed by atoms with van der Waals surface area (Å²) in [5.74, 6) is -0.836. The van der Waals surface area contributed by atoms with Crippen molar-refractivity contribution < 1.29 is 19.6 Å². The Balaban J connectivity index is 3.54. The Morgan fingerprint density at radius 3 is 2.57 bits per heavy atom. The third-order valence-corrected chi connectivity index (χ3v) is 3.66. The maximum Gasteiger partial charge on any atom is 0.330 e. The van der Waals surface area contributed by atoms with Crippen LogP contribution in [0.1, 0.15) is 26.7 Å². The van der Waals surface area contributed by atoms with E-state index in [2.05, 4.69) is 14.7 Å². The van der Waals surface area contributed by atoms with E-state index < -0.39 is 29.2 Å². The van der Waals surface area contributed by atoms with Crippen LogP contribution in [0.5, 0.6) is 0 Å². The largest absolute Gasteiger partial charge is 0.467 e. The van der Waals surface area contributed by atoms with Gasteiger partial charge in [-0.1, -0.05) is 13.8 Å². The van der Waals surface area contributed by atoms with Gasteiger partial charge in [0.25, 0.3) is 0 Å². The minimum Gasteiger partial charge on any atom is -0.467 e. The number of aliphatic hydroxyl groups is 1. The predicted molar refractivity (Wildman–Crippen MR) is 83.4 cm³/mol. The van der Waals surface area contributed by atoms with Gasteiger partial charge >= 0.3 is 11.7 Å². The van der Waals surface area contributed by atoms with Crippen molar-refractivity contribution in [1.29, 1.82) is 0 Å². The zero-order valence-corrected chi connectivity index (χ0v) is 13.9. The quantitative estimate of drug-likeness (QED) is 0.326. The molecule has 0 fully saturated rings. The van der Waals surface area contributed by atoms with Gasteiger partial charge in [-0.25, -0.2) is 9.78 Å². The zero-order valence-electron chi connectivity index (χ0n) is 13.1. The van der Waals surface area contributed by atoms with Gasteiger partial charge in [0.05, 0.1) is 18.6 Å². The molecule has 1 aromatic heterocycles. The van der Waals surface area contributed by atoms with Crippen LogP contribution in [-0.2, 0) is 9.53 Å². The van der Waals surface area contributed by atoms with Crippen molar-refractivity contribution in [2.24, 2.45) is 0 Å². The third-order valence-electron chi connectivity index (χ3n) is 3.48. The molecule has 1 N–H and O–H groups in total. The molecule has 0 saturated heterocycles. The molecule has 0 bridgehead atoms. The van der Waals surface area contributed by atoms with Gasteiger partial charge in [0, 0.05) is 6.04 Å². The van der Waals surface area contributed by atoms with Gasteiger partial charge in [-0.2, -0.15) is 4.98 Å². The number of aliphatic hydroxyl groups excluding tert-OH is 1. The molecule has 0 aliphatic heterocycles. The lowest BCUT2D eigenvalue weighted by atomic mass is 10.1. The van der Waals surface area contributed by atoms with E-state index in [1.54, 1.807) is 0 Å². The fourth-order valence-electron chi connectivity index (χ4n) is 2.33. The molecule has 0 aliphatic rings. The summed E-state index contributed by atoms with van der Waals surface area (Å²) in [6.45, 7) is 3.14. The molecule has 9 nitrogen and oxygen atoms in total. The van der Waals surface area contributed by atoms with E-state index in [4.69, 9.17) is 11.6 Å². The molecule has 0 amide bonds. The first-order valence-corrected chi connectivity index (χ1v) is 7.42. The average Bonchev–Trinajstić information content (AvgIpc) is 2.54. The van der Waals surface area contributed by atoms with E-state index in [0.29, 0.717) is 12.8 Å². The van der Waals surface area contributed by atoms with E-state index in [1.807, 2.05) is 13.8 Å². The van der Waals surface area contributed by atoms with Gasteiger partial charge < -0.3 is 14.7 Å². The summed E-state index contributed by atoms with van der Waals surface area (Å²) in [5.41, 5.74) is -0.399. The van der Waals surface area contributed by atoms with Crippen LogP contribution in [0.2, 0.25) is 5.28 Å². The maximum absolute atomic E-state index is 12.0. The summed E-state index contributed by atoms with van der Waals surface area (Å²) in [7, 11) is 1.18. The molecule has 0 aromatic carbocycles. The molecule has 128 valence electrons. The highest BCUT2D eigenvalue weighted by molar-refractivity contribution is 6.28. The number of esters is 1. The topological polar surface area (TPSA) is 119 Å². The summed E-state index contributed by atoms with van der Waals surface area (Å²) in [6, 6.07) is -1.41. The van der Waals surface area contributed by atoms with Gasteiger partial charge in [-0.15, -0.1) is 0 Å². The zero-order chi connectivity index (χ0) is 17.6. The van der Waals surface area contributed by atoms with Gasteiger partial charge in [-0.05, 0) is 24.4 Å². The van der Waals surface area contributed by atoms with Crippen LogP contribution in [0, 0.1) is 10.1 Å². The van der Waals surface area contributed by atoms with Crippen LogP contribution in [0.25, 0.3) is 0 Å². The molecule has 1 heterocycles. The van der Waals surface area contributed by atoms with E-state index in [1.165, 1.54) is 12.0 Å². The second-order valence-electron chi connectivity index (χ2n) is 4.70. The molecular formula is C13H19ClN4O5. The van der Waals surface area contributed by atoms with Gasteiger partial charge in [0.1, 0.15) is 6.20 Å². The van der Waals surface area contributed by atoms with Crippen LogP contribution >= 0.6 is 11.6 Å². The molecule has 0 radical (unpaired) electrons. The molecular weight excluding hydrogens is 328 g/mol. The molecule has 0 saturated carbocycles. The highest BCUT2D eigenvalue weighted by atomic mass is 35.5. The van der Waals surface area contributed by atoms with Gasteiger partial charge in [0.15, 0.2) is 6.04 Å². The van der Waals surface area contributed by atoms with Crippen LogP contribution < -0.4 is 4.90 Å². The van der Waals surface area contributed by atoms with E-state index in [-0.39, 0.29) is 17.1 Å². The first-order valence-electron chi connectivity index (χ1n) is 7.05. The summed E-state index contributed by atoms with van der Waals surface area (Å²) in [5, 5.41) is 20.7. The Labute approximate surface area is 138 Å². The molecule has 0 aliphatic carbocycles. The Hall–Kier alpha value is -2.00. The van der Waals surface area contributed by atoms with Crippen molar-refractivity contribution in [1.82, 2.24) is 9.97 Å². The van der Waals surface area contributed by atoms with Crippen molar-refractivity contribution in [3.05, 3.63) is 21.6 Å². The van der Waals surface area contributed by atoms with E-state index >= 15 is 0 Å². The summed E-state index contributed by atoms with van der Waals surface area (Å²) in [6.07, 6.45) is 2.12. The Kier molecular flexibility index (Phi) is 7.11. The third kappa shape index (κ3) is 4.26. The summed E-state index contributed by atoms with van der Waals surface area (Å²) in [4.78, 5) is 31.5. The molecule has 1 atom stereocenters. The number of aromatic nitrogens is 2. The number of anilines is 1. The first-order chi connectivity index (χ1) is 10.9. The van der Waals surface area contributed by atoms with Crippen molar-refractivity contribution in [2.45, 2.75) is 38.8 Å². The molecule has 1 rings (SSSR count). The normalized spacial score (nSPS) is 12.1. The Morgan fingerprint density at radius 1 is 1.52 bits per heavy atom. The number of hydrogen-bond acceptors (Lipinski definition) is 8. The minimum absolute atomic E-state index is 0.117. The minimum atomic E-state index is -1.13. The summed E-state index contributed by atoms with van der Waals surface area (Å²) < 4.78 is 4.69. The van der Waals surface area contributed by atoms with Crippen LogP contribution in [0.4, 0.5) is 11.5 Å². The SMILES string of the molecule is CCC(CC)N(c1nc(Cl)ncc1[N+](=O)[O-])[C@H](CO)C(=O)OC. The second kappa shape index (κ2) is 8.59. The van der Waals surface area contributed by atoms with E-state index in [9.17, 15) is 20.0 Å². The van der Waals surface area contributed by atoms with Crippen molar-refractivity contribution in [3.63, 3.8) is 0 Å². The number of nitrogens with zero attached hydrogens (tertiary/aromatic N) is 4. The Morgan fingerprint density at radius 2 is 2.13 bits per heavy atom. The highest BCUT2D eigenvalue weighted by Crippen LogP contribution is 2.31. The smallest absolute Gasteiger partial charge is 0.330 e. The van der Waals surface area contributed by atoms with Crippen LogP contribution in [0.15, 0.2) is 6.20 Å². The number of ether oxygens (including phenoxy) is 1. The number of nitro groups is 1. The fourth-order valence-corrected chi connectivity index (χ4v) is 2.46. The number of carbonyl (C=O) groups is 1.